The van der Waals surface area contributed by atoms with E-state index in [1.54, 1.807) is 19.3 Å². The number of hydrogen-bond acceptors (Lipinski definition) is 4. The molecule has 6 nitrogen and oxygen atoms in total. The molecule has 1 aromatic rings. The standard InChI is InChI=1S/C16H20N2O4/c1-22-14-10-8-13(9-11-14)5-2-3-6-15(19)17-12-4-7-16(20)18-21/h2-3,5-6,8-11,21H,4,7,12H2,1H3,(H,17,19)(H,18,20). The van der Waals surface area contributed by atoms with Gasteiger partial charge in [0.1, 0.15) is 5.75 Å². The molecule has 0 aliphatic carbocycles. The summed E-state index contributed by atoms with van der Waals surface area (Å²) >= 11 is 0. The number of amides is 2. The number of ether oxygens (including phenoxy) is 1. The molecule has 6 heteroatoms. The fraction of sp³-hybridized carbons (Fsp3) is 0.250. The van der Waals surface area contributed by atoms with E-state index in [-0.39, 0.29) is 12.3 Å². The highest BCUT2D eigenvalue weighted by molar-refractivity contribution is 5.87. The first-order valence-corrected chi connectivity index (χ1v) is 6.85. The van der Waals surface area contributed by atoms with Gasteiger partial charge in [-0.2, -0.15) is 0 Å². The van der Waals surface area contributed by atoms with Gasteiger partial charge in [0, 0.05) is 19.0 Å². The smallest absolute Gasteiger partial charge is 0.243 e. The summed E-state index contributed by atoms with van der Waals surface area (Å²) in [6, 6.07) is 7.54. The summed E-state index contributed by atoms with van der Waals surface area (Å²) in [7, 11) is 1.61. The van der Waals surface area contributed by atoms with Crippen LogP contribution in [0.5, 0.6) is 5.75 Å². The van der Waals surface area contributed by atoms with Gasteiger partial charge in [0.05, 0.1) is 7.11 Å². The Morgan fingerprint density at radius 2 is 1.95 bits per heavy atom. The zero-order valence-corrected chi connectivity index (χ0v) is 12.4. The molecule has 0 unspecified atom stereocenters. The Morgan fingerprint density at radius 1 is 1.23 bits per heavy atom. The van der Waals surface area contributed by atoms with Gasteiger partial charge in [0.2, 0.25) is 11.8 Å². The summed E-state index contributed by atoms with van der Waals surface area (Å²) in [5, 5.41) is 10.9. The van der Waals surface area contributed by atoms with Gasteiger partial charge in [-0.15, -0.1) is 0 Å². The van der Waals surface area contributed by atoms with Crippen molar-refractivity contribution in [2.75, 3.05) is 13.7 Å². The van der Waals surface area contributed by atoms with Crippen molar-refractivity contribution in [2.45, 2.75) is 12.8 Å². The van der Waals surface area contributed by atoms with Crippen molar-refractivity contribution in [3.8, 4) is 5.75 Å². The van der Waals surface area contributed by atoms with Crippen LogP contribution in [0.25, 0.3) is 6.08 Å². The largest absolute Gasteiger partial charge is 0.497 e. The van der Waals surface area contributed by atoms with Crippen LogP contribution < -0.4 is 15.5 Å². The van der Waals surface area contributed by atoms with E-state index in [0.717, 1.165) is 11.3 Å². The quantitative estimate of drug-likeness (QED) is 0.224. The number of methoxy groups -OCH3 is 1. The van der Waals surface area contributed by atoms with E-state index in [2.05, 4.69) is 5.32 Å². The molecule has 0 aliphatic rings. The van der Waals surface area contributed by atoms with Crippen LogP contribution in [0.1, 0.15) is 18.4 Å². The van der Waals surface area contributed by atoms with Gasteiger partial charge in [0.25, 0.3) is 0 Å². The molecule has 0 aromatic heterocycles. The summed E-state index contributed by atoms with van der Waals surface area (Å²) in [5.41, 5.74) is 2.54. The Balaban J connectivity index is 2.27. The molecule has 0 fully saturated rings. The molecule has 0 aliphatic heterocycles. The fourth-order valence-electron chi connectivity index (χ4n) is 1.60. The molecular weight excluding hydrogens is 284 g/mol. The number of carbonyl (C=O) groups excluding carboxylic acids is 2. The minimum absolute atomic E-state index is 0.165. The van der Waals surface area contributed by atoms with Gasteiger partial charge in [-0.25, -0.2) is 5.48 Å². The van der Waals surface area contributed by atoms with Crippen LogP contribution in [-0.2, 0) is 9.59 Å². The highest BCUT2D eigenvalue weighted by atomic mass is 16.5. The molecule has 0 bridgehead atoms. The molecule has 118 valence electrons. The lowest BCUT2D eigenvalue weighted by Crippen LogP contribution is -2.24. The normalized spacial score (nSPS) is 10.8. The predicted molar refractivity (Wildman–Crippen MR) is 83.3 cm³/mol. The van der Waals surface area contributed by atoms with E-state index >= 15 is 0 Å². The molecule has 0 saturated heterocycles. The van der Waals surface area contributed by atoms with Gasteiger partial charge < -0.3 is 10.1 Å². The Bertz CT molecular complexity index is 536. The lowest BCUT2D eigenvalue weighted by Gasteiger charge is -2.00. The minimum atomic E-state index is -0.466. The second-order valence-corrected chi connectivity index (χ2v) is 4.42. The van der Waals surface area contributed by atoms with E-state index in [9.17, 15) is 9.59 Å². The Labute approximate surface area is 129 Å². The van der Waals surface area contributed by atoms with Crippen molar-refractivity contribution in [2.24, 2.45) is 0 Å². The van der Waals surface area contributed by atoms with Gasteiger partial charge in [-0.1, -0.05) is 30.4 Å². The van der Waals surface area contributed by atoms with Crippen LogP contribution in [0.3, 0.4) is 0 Å². The molecule has 0 saturated carbocycles. The van der Waals surface area contributed by atoms with Crippen molar-refractivity contribution in [3.05, 3.63) is 48.1 Å². The topological polar surface area (TPSA) is 87.7 Å². The van der Waals surface area contributed by atoms with Crippen LogP contribution in [0.4, 0.5) is 0 Å². The molecule has 2 amide bonds. The number of benzene rings is 1. The lowest BCUT2D eigenvalue weighted by molar-refractivity contribution is -0.129. The average molecular weight is 304 g/mol. The van der Waals surface area contributed by atoms with Crippen LogP contribution in [-0.4, -0.2) is 30.7 Å². The second kappa shape index (κ2) is 10.2. The van der Waals surface area contributed by atoms with Gasteiger partial charge in [-0.3, -0.25) is 14.8 Å². The molecule has 0 radical (unpaired) electrons. The summed E-state index contributed by atoms with van der Waals surface area (Å²) < 4.78 is 5.07. The first-order valence-electron chi connectivity index (χ1n) is 6.85. The Morgan fingerprint density at radius 3 is 2.59 bits per heavy atom. The van der Waals surface area contributed by atoms with Crippen molar-refractivity contribution < 1.29 is 19.5 Å². The second-order valence-electron chi connectivity index (χ2n) is 4.42. The molecule has 1 rings (SSSR count). The maximum atomic E-state index is 11.5. The predicted octanol–water partition coefficient (Wildman–Crippen LogP) is 1.67. The third-order valence-corrected chi connectivity index (χ3v) is 2.77. The van der Waals surface area contributed by atoms with E-state index in [0.29, 0.717) is 13.0 Å². The number of carbonyl (C=O) groups is 2. The minimum Gasteiger partial charge on any atom is -0.497 e. The van der Waals surface area contributed by atoms with Crippen molar-refractivity contribution in [1.82, 2.24) is 10.8 Å². The van der Waals surface area contributed by atoms with Crippen LogP contribution >= 0.6 is 0 Å². The number of nitrogens with one attached hydrogen (secondary N) is 2. The molecule has 22 heavy (non-hydrogen) atoms. The molecular formula is C16H20N2O4. The van der Waals surface area contributed by atoms with Crippen LogP contribution in [0, 0.1) is 0 Å². The maximum Gasteiger partial charge on any atom is 0.243 e. The fourth-order valence-corrected chi connectivity index (χ4v) is 1.60. The zero-order valence-electron chi connectivity index (χ0n) is 12.4. The third kappa shape index (κ3) is 7.25. The first-order chi connectivity index (χ1) is 10.7. The first kappa shape index (κ1) is 17.5. The van der Waals surface area contributed by atoms with Crippen molar-refractivity contribution >= 4 is 17.9 Å². The zero-order chi connectivity index (χ0) is 16.2. The highest BCUT2D eigenvalue weighted by Gasteiger charge is 1.99. The monoisotopic (exact) mass is 304 g/mol. The summed E-state index contributed by atoms with van der Waals surface area (Å²) in [6.45, 7) is 0.374. The lowest BCUT2D eigenvalue weighted by atomic mass is 10.2. The van der Waals surface area contributed by atoms with E-state index in [1.807, 2.05) is 30.3 Å². The number of allylic oxidation sites excluding steroid dienone is 2. The van der Waals surface area contributed by atoms with Crippen molar-refractivity contribution in [3.63, 3.8) is 0 Å². The Kier molecular flexibility index (Phi) is 8.07. The number of rotatable bonds is 8. The molecule has 0 spiro atoms. The van der Waals surface area contributed by atoms with E-state index in [1.165, 1.54) is 11.6 Å². The average Bonchev–Trinajstić information content (AvgIpc) is 2.55. The maximum absolute atomic E-state index is 11.5. The van der Waals surface area contributed by atoms with Gasteiger partial charge >= 0.3 is 0 Å². The van der Waals surface area contributed by atoms with E-state index in [4.69, 9.17) is 9.94 Å². The van der Waals surface area contributed by atoms with Crippen LogP contribution in [0.15, 0.2) is 42.5 Å². The summed E-state index contributed by atoms with van der Waals surface area (Å²) in [6.07, 6.45) is 7.31. The number of hydrogen-bond donors (Lipinski definition) is 3. The molecule has 3 N–H and O–H groups in total. The molecule has 0 heterocycles. The molecule has 1 aromatic carbocycles. The van der Waals surface area contributed by atoms with Gasteiger partial charge in [0.15, 0.2) is 0 Å². The van der Waals surface area contributed by atoms with Crippen molar-refractivity contribution in [1.29, 1.82) is 0 Å². The van der Waals surface area contributed by atoms with Gasteiger partial charge in [-0.05, 0) is 24.1 Å². The molecule has 0 atom stereocenters. The third-order valence-electron chi connectivity index (χ3n) is 2.77. The SMILES string of the molecule is COc1ccc(C=CC=CC(=O)NCCCC(=O)NO)cc1. The summed E-state index contributed by atoms with van der Waals surface area (Å²) in [4.78, 5) is 22.2. The highest BCUT2D eigenvalue weighted by Crippen LogP contribution is 2.12. The van der Waals surface area contributed by atoms with E-state index < -0.39 is 5.91 Å². The Hall–Kier alpha value is -2.60. The van der Waals surface area contributed by atoms with Crippen LogP contribution in [0.2, 0.25) is 0 Å². The number of hydroxylamine groups is 1. The summed E-state index contributed by atoms with van der Waals surface area (Å²) in [5.74, 6) is 0.0953.